The predicted molar refractivity (Wildman–Crippen MR) is 113 cm³/mol. The molecule has 14 heteroatoms. The molecule has 0 spiro atoms. The first-order valence-electron chi connectivity index (χ1n) is 10.4. The molecule has 178 valence electrons. The van der Waals surface area contributed by atoms with E-state index in [4.69, 9.17) is 31.4 Å². The van der Waals surface area contributed by atoms with Crippen LogP contribution in [0.25, 0.3) is 11.0 Å². The topological polar surface area (TPSA) is 194 Å². The van der Waals surface area contributed by atoms with Crippen LogP contribution in [-0.2, 0) is 23.1 Å². The maximum absolute atomic E-state index is 12.5. The summed E-state index contributed by atoms with van der Waals surface area (Å²) in [7, 11) is -3.51. The van der Waals surface area contributed by atoms with Crippen LogP contribution in [0.4, 0.5) is 5.82 Å². The number of nitrogens with two attached hydrogens (primary N) is 2. The van der Waals surface area contributed by atoms with Gasteiger partial charge >= 0.3 is 7.60 Å². The lowest BCUT2D eigenvalue weighted by Crippen LogP contribution is -2.34. The zero-order valence-electron chi connectivity index (χ0n) is 18.9. The number of aromatic nitrogens is 3. The Morgan fingerprint density at radius 1 is 1.31 bits per heavy atom. The van der Waals surface area contributed by atoms with E-state index in [1.54, 1.807) is 20.8 Å². The number of nitrogens with zero attached hydrogens (tertiary/aromatic N) is 3. The Balaban J connectivity index is 1.89. The lowest BCUT2D eigenvalue weighted by Gasteiger charge is -2.19. The van der Waals surface area contributed by atoms with Crippen molar-refractivity contribution < 1.29 is 39.5 Å². The van der Waals surface area contributed by atoms with Crippen molar-refractivity contribution in [2.24, 2.45) is 5.73 Å². The van der Waals surface area contributed by atoms with E-state index in [1.807, 2.05) is 0 Å². The maximum Gasteiger partial charge on any atom is 0.356 e. The van der Waals surface area contributed by atoms with E-state index in [0.29, 0.717) is 0 Å². The molecule has 0 saturated carbocycles. The van der Waals surface area contributed by atoms with Gasteiger partial charge in [0.2, 0.25) is 0 Å². The fourth-order valence-electron chi connectivity index (χ4n) is 3.38. The summed E-state index contributed by atoms with van der Waals surface area (Å²) in [5.41, 5.74) is 11.3. The van der Waals surface area contributed by atoms with Gasteiger partial charge in [0.15, 0.2) is 6.20 Å². The largest absolute Gasteiger partial charge is 0.387 e. The number of ether oxygens (including phenoxy) is 2. The number of carbonyl (C=O) groups is 1. The molecule has 4 atom stereocenters. The van der Waals surface area contributed by atoms with Crippen molar-refractivity contribution >= 4 is 30.4 Å². The molecule has 1 saturated heterocycles. The summed E-state index contributed by atoms with van der Waals surface area (Å²) in [6.45, 7) is 4.82. The lowest BCUT2D eigenvalue weighted by molar-refractivity contribution is -0.0616. The number of hydrogen-bond acceptors (Lipinski definition) is 11. The van der Waals surface area contributed by atoms with Gasteiger partial charge in [-0.2, -0.15) is 0 Å². The van der Waals surface area contributed by atoms with Gasteiger partial charge in [0, 0.05) is 6.20 Å². The number of anilines is 1. The minimum absolute atomic E-state index is 0.0220. The number of carbonyl (C=O) groups excluding carboxylic acids is 1. The smallest absolute Gasteiger partial charge is 0.356 e. The van der Waals surface area contributed by atoms with E-state index in [2.05, 4.69) is 9.97 Å². The highest BCUT2D eigenvalue weighted by atomic mass is 31.2. The van der Waals surface area contributed by atoms with Crippen LogP contribution in [0, 0.1) is 6.92 Å². The minimum atomic E-state index is -3.51. The first-order chi connectivity index (χ1) is 15.5. The Kier molecular flexibility index (Phi) is 7.05. The molecule has 32 heavy (non-hydrogen) atoms. The van der Waals surface area contributed by atoms with Crippen molar-refractivity contribution in [3.8, 4) is 0 Å². The van der Waals surface area contributed by atoms with E-state index in [1.165, 1.54) is 6.20 Å². The van der Waals surface area contributed by atoms with E-state index in [9.17, 15) is 19.6 Å². The standard InChI is InChI=1S/C18H28N5O8P/c1-4-29-32(27,30-5-2)8-28-7-11-13(24)14(25)18(31-11)23-6-10(16(20)26)12-15(19)21-9(3)22-17(12)23/h6,11,13-14,18,24-25H,4-5,7-8H2,1-3H3,(H2,20,26)(H2,19,21,22)/i18D. The Labute approximate surface area is 185 Å². The predicted octanol–water partition coefficient (Wildman–Crippen LogP) is 0.280. The number of aliphatic hydroxyl groups excluding tert-OH is 2. The second kappa shape index (κ2) is 9.79. The fraction of sp³-hybridized carbons (Fsp3) is 0.611. The molecule has 0 aliphatic carbocycles. The molecule has 0 radical (unpaired) electrons. The molecular formula is C18H28N5O8P. The Bertz CT molecular complexity index is 1070. The second-order valence-electron chi connectivity index (χ2n) is 7.01. The van der Waals surface area contributed by atoms with Crippen molar-refractivity contribution in [1.82, 2.24) is 14.5 Å². The molecule has 13 nitrogen and oxygen atoms in total. The highest BCUT2D eigenvalue weighted by molar-refractivity contribution is 7.53. The van der Waals surface area contributed by atoms with Crippen LogP contribution in [-0.4, -0.2) is 75.1 Å². The van der Waals surface area contributed by atoms with Gasteiger partial charge in [-0.15, -0.1) is 0 Å². The molecule has 0 aromatic carbocycles. The molecule has 1 amide bonds. The maximum atomic E-state index is 12.5. The highest BCUT2D eigenvalue weighted by Gasteiger charge is 2.45. The monoisotopic (exact) mass is 474 g/mol. The number of rotatable bonds is 10. The molecule has 3 rings (SSSR count). The Morgan fingerprint density at radius 2 is 1.97 bits per heavy atom. The average Bonchev–Trinajstić information content (AvgIpc) is 3.21. The summed E-state index contributed by atoms with van der Waals surface area (Å²) < 4.78 is 43.7. The number of amides is 1. The Morgan fingerprint density at radius 3 is 2.56 bits per heavy atom. The third kappa shape index (κ3) is 4.79. The first kappa shape index (κ1) is 23.1. The number of aliphatic hydroxyl groups is 2. The zero-order valence-corrected chi connectivity index (χ0v) is 18.8. The van der Waals surface area contributed by atoms with Crippen LogP contribution < -0.4 is 11.5 Å². The molecule has 4 unspecified atom stereocenters. The van der Waals surface area contributed by atoms with Crippen molar-refractivity contribution in [3.05, 3.63) is 17.6 Å². The van der Waals surface area contributed by atoms with Crippen LogP contribution in [0.3, 0.4) is 0 Å². The normalized spacial score (nSPS) is 26.5. The molecular weight excluding hydrogens is 445 g/mol. The molecule has 1 aliphatic rings. The molecule has 2 aromatic heterocycles. The number of hydrogen-bond donors (Lipinski definition) is 4. The van der Waals surface area contributed by atoms with E-state index < -0.39 is 44.4 Å². The minimum Gasteiger partial charge on any atom is -0.387 e. The van der Waals surface area contributed by atoms with Crippen LogP contribution in [0.5, 0.6) is 0 Å². The summed E-state index contributed by atoms with van der Waals surface area (Å²) in [6, 6.07) is 0. The molecule has 1 aliphatic heterocycles. The summed E-state index contributed by atoms with van der Waals surface area (Å²) in [6.07, 6.45) is -6.08. The molecule has 2 aromatic rings. The van der Waals surface area contributed by atoms with Crippen LogP contribution in [0.1, 0.15) is 37.6 Å². The van der Waals surface area contributed by atoms with Gasteiger partial charge in [-0.3, -0.25) is 9.36 Å². The van der Waals surface area contributed by atoms with E-state index in [0.717, 1.165) is 4.57 Å². The second-order valence-corrected chi connectivity index (χ2v) is 9.00. The Hall–Kier alpha value is -2.12. The number of fused-ring (bicyclic) bond motifs is 1. The number of aryl methyl sites for hydroxylation is 1. The van der Waals surface area contributed by atoms with Crippen LogP contribution in [0.15, 0.2) is 6.20 Å². The van der Waals surface area contributed by atoms with E-state index >= 15 is 0 Å². The fourth-order valence-corrected chi connectivity index (χ4v) is 4.72. The van der Waals surface area contributed by atoms with Gasteiger partial charge in [0.05, 0.1) is 32.1 Å². The third-order valence-electron chi connectivity index (χ3n) is 4.70. The van der Waals surface area contributed by atoms with Crippen molar-refractivity contribution in [3.63, 3.8) is 0 Å². The van der Waals surface area contributed by atoms with Gasteiger partial charge in [-0.1, -0.05) is 0 Å². The molecule has 0 bridgehead atoms. The van der Waals surface area contributed by atoms with Crippen LogP contribution in [0.2, 0.25) is 0 Å². The van der Waals surface area contributed by atoms with Gasteiger partial charge < -0.3 is 44.8 Å². The highest BCUT2D eigenvalue weighted by Crippen LogP contribution is 2.48. The molecule has 3 heterocycles. The zero-order chi connectivity index (χ0) is 24.6. The first-order valence-corrected chi connectivity index (χ1v) is 11.7. The van der Waals surface area contributed by atoms with Crippen molar-refractivity contribution in [2.75, 3.05) is 31.9 Å². The molecule has 6 N–H and O–H groups in total. The SMILES string of the molecule is [2H]C1(n2cc(C(N)=O)c3c(N)nc(C)nc32)OC(COCP(=O)(OCC)OCC)C(O)C1O. The average molecular weight is 474 g/mol. The summed E-state index contributed by atoms with van der Waals surface area (Å²) in [5, 5.41) is 21.3. The summed E-state index contributed by atoms with van der Waals surface area (Å²) in [4.78, 5) is 20.2. The summed E-state index contributed by atoms with van der Waals surface area (Å²) >= 11 is 0. The van der Waals surface area contributed by atoms with Crippen LogP contribution >= 0.6 is 7.60 Å². The third-order valence-corrected chi connectivity index (χ3v) is 6.50. The van der Waals surface area contributed by atoms with Gasteiger partial charge in [0.25, 0.3) is 5.91 Å². The van der Waals surface area contributed by atoms with Crippen molar-refractivity contribution in [1.29, 1.82) is 0 Å². The van der Waals surface area contributed by atoms with Gasteiger partial charge in [0.1, 0.15) is 41.9 Å². The van der Waals surface area contributed by atoms with Gasteiger partial charge in [-0.05, 0) is 20.8 Å². The number of primary amides is 1. The quantitative estimate of drug-likeness (QED) is 0.345. The number of nitrogen functional groups attached to an aromatic ring is 1. The van der Waals surface area contributed by atoms with Crippen molar-refractivity contribution in [2.45, 2.75) is 45.3 Å². The lowest BCUT2D eigenvalue weighted by atomic mass is 10.1. The summed E-state index contributed by atoms with van der Waals surface area (Å²) in [5.74, 6) is -0.643. The molecule has 1 fully saturated rings. The van der Waals surface area contributed by atoms with E-state index in [-0.39, 0.29) is 48.1 Å². The van der Waals surface area contributed by atoms with Gasteiger partial charge in [-0.25, -0.2) is 9.97 Å².